The van der Waals surface area contributed by atoms with Gasteiger partial charge in [-0.25, -0.2) is 18.1 Å². The van der Waals surface area contributed by atoms with Crippen molar-refractivity contribution in [2.24, 2.45) is 0 Å². The van der Waals surface area contributed by atoms with Gasteiger partial charge in [-0.2, -0.15) is 0 Å². The van der Waals surface area contributed by atoms with Gasteiger partial charge >= 0.3 is 0 Å². The molecule has 9 heteroatoms. The molecule has 26 heavy (non-hydrogen) atoms. The van der Waals surface area contributed by atoms with Crippen LogP contribution in [0.2, 0.25) is 0 Å². The van der Waals surface area contributed by atoms with Crippen LogP contribution in [-0.4, -0.2) is 32.5 Å². The van der Waals surface area contributed by atoms with Crippen LogP contribution in [0.3, 0.4) is 0 Å². The predicted molar refractivity (Wildman–Crippen MR) is 101 cm³/mol. The fourth-order valence-electron chi connectivity index (χ4n) is 2.10. The van der Waals surface area contributed by atoms with Gasteiger partial charge in [-0.1, -0.05) is 22.0 Å². The number of halogens is 1. The van der Waals surface area contributed by atoms with E-state index in [-0.39, 0.29) is 30.3 Å². The Hall–Kier alpha value is -1.97. The maximum Gasteiger partial charge on any atom is 0.240 e. The van der Waals surface area contributed by atoms with Crippen molar-refractivity contribution in [2.45, 2.75) is 24.8 Å². The van der Waals surface area contributed by atoms with Crippen molar-refractivity contribution in [2.75, 3.05) is 13.2 Å². The average molecular weight is 442 g/mol. The van der Waals surface area contributed by atoms with Gasteiger partial charge in [0.2, 0.25) is 21.8 Å². The minimum absolute atomic E-state index is 0.00951. The first-order valence-corrected chi connectivity index (χ1v) is 10.3. The van der Waals surface area contributed by atoms with Gasteiger partial charge in [-0.15, -0.1) is 0 Å². The minimum Gasteiger partial charge on any atom is -0.478 e. The van der Waals surface area contributed by atoms with Gasteiger partial charge in [0.1, 0.15) is 0 Å². The molecule has 7 nitrogen and oxygen atoms in total. The number of hydrogen-bond donors (Lipinski definition) is 2. The van der Waals surface area contributed by atoms with Gasteiger partial charge in [0.25, 0.3) is 0 Å². The van der Waals surface area contributed by atoms with Crippen molar-refractivity contribution < 1.29 is 17.9 Å². The van der Waals surface area contributed by atoms with Crippen LogP contribution in [0.4, 0.5) is 0 Å². The molecule has 1 amide bonds. The van der Waals surface area contributed by atoms with Gasteiger partial charge in [-0.3, -0.25) is 4.79 Å². The van der Waals surface area contributed by atoms with Crippen molar-refractivity contribution in [3.05, 3.63) is 52.6 Å². The average Bonchev–Trinajstić information content (AvgIpc) is 2.61. The number of nitrogens with zero attached hydrogens (tertiary/aromatic N) is 1. The van der Waals surface area contributed by atoms with Crippen molar-refractivity contribution >= 4 is 31.9 Å². The third-order valence-electron chi connectivity index (χ3n) is 3.38. The molecular weight excluding hydrogens is 422 g/mol. The summed E-state index contributed by atoms with van der Waals surface area (Å²) >= 11 is 3.25. The first-order chi connectivity index (χ1) is 12.4. The second-order valence-electron chi connectivity index (χ2n) is 5.28. The van der Waals surface area contributed by atoms with E-state index in [0.29, 0.717) is 12.5 Å². The maximum atomic E-state index is 12.1. The molecule has 0 radical (unpaired) electrons. The molecule has 0 saturated heterocycles. The van der Waals surface area contributed by atoms with E-state index in [4.69, 9.17) is 4.74 Å². The fraction of sp³-hybridized carbons (Fsp3) is 0.294. The van der Waals surface area contributed by atoms with E-state index < -0.39 is 10.0 Å². The number of hydrogen-bond acceptors (Lipinski definition) is 5. The quantitative estimate of drug-likeness (QED) is 0.621. The number of aromatic nitrogens is 1. The summed E-state index contributed by atoms with van der Waals surface area (Å²) in [5.74, 6) is 0.209. The Balaban J connectivity index is 1.81. The van der Waals surface area contributed by atoms with Crippen LogP contribution in [-0.2, 0) is 21.4 Å². The Labute approximate surface area is 161 Å². The molecule has 140 valence electrons. The Morgan fingerprint density at radius 1 is 1.23 bits per heavy atom. The lowest BCUT2D eigenvalue weighted by Crippen LogP contribution is -2.30. The zero-order valence-corrected chi connectivity index (χ0v) is 16.6. The maximum absolute atomic E-state index is 12.1. The Morgan fingerprint density at radius 2 is 1.96 bits per heavy atom. The van der Waals surface area contributed by atoms with Gasteiger partial charge in [0.15, 0.2) is 0 Å². The lowest BCUT2D eigenvalue weighted by atomic mass is 10.2. The summed E-state index contributed by atoms with van der Waals surface area (Å²) in [6, 6.07) is 9.84. The first kappa shape index (κ1) is 20.3. The van der Waals surface area contributed by atoms with Crippen LogP contribution < -0.4 is 14.8 Å². The fourth-order valence-corrected chi connectivity index (χ4v) is 3.40. The molecule has 0 bridgehead atoms. The molecule has 1 aromatic carbocycles. The molecule has 0 aliphatic carbocycles. The third kappa shape index (κ3) is 6.08. The van der Waals surface area contributed by atoms with Crippen molar-refractivity contribution in [1.82, 2.24) is 15.0 Å². The zero-order valence-electron chi connectivity index (χ0n) is 14.2. The highest BCUT2D eigenvalue weighted by Crippen LogP contribution is 2.15. The molecule has 2 aromatic rings. The standard InChI is InChI=1S/C17H20BrN3O4S/c1-2-25-17-13(4-3-10-19-17)12-20-16(22)9-11-21-26(23,24)15-7-5-14(18)6-8-15/h3-8,10,21H,2,9,11-12H2,1H3,(H,20,22). The number of carbonyl (C=O) groups excluding carboxylic acids is 1. The second-order valence-corrected chi connectivity index (χ2v) is 7.96. The van der Waals surface area contributed by atoms with E-state index >= 15 is 0 Å². The van der Waals surface area contributed by atoms with Crippen LogP contribution >= 0.6 is 15.9 Å². The van der Waals surface area contributed by atoms with Crippen molar-refractivity contribution in [3.8, 4) is 5.88 Å². The summed E-state index contributed by atoms with van der Waals surface area (Å²) in [5.41, 5.74) is 0.762. The monoisotopic (exact) mass is 441 g/mol. The second kappa shape index (κ2) is 9.65. The molecule has 0 aliphatic rings. The van der Waals surface area contributed by atoms with Crippen molar-refractivity contribution in [1.29, 1.82) is 0 Å². The molecule has 0 aliphatic heterocycles. The number of sulfonamides is 1. The molecule has 1 aromatic heterocycles. The van der Waals surface area contributed by atoms with Crippen LogP contribution in [0, 0.1) is 0 Å². The number of ether oxygens (including phenoxy) is 1. The van der Waals surface area contributed by atoms with Crippen molar-refractivity contribution in [3.63, 3.8) is 0 Å². The number of amides is 1. The van der Waals surface area contributed by atoms with Gasteiger partial charge < -0.3 is 10.1 Å². The number of rotatable bonds is 9. The number of benzene rings is 1. The van der Waals surface area contributed by atoms with E-state index in [1.165, 1.54) is 12.1 Å². The van der Waals surface area contributed by atoms with Gasteiger partial charge in [0.05, 0.1) is 11.5 Å². The van der Waals surface area contributed by atoms with Crippen LogP contribution in [0.1, 0.15) is 18.9 Å². The summed E-state index contributed by atoms with van der Waals surface area (Å²) in [7, 11) is -3.63. The molecule has 0 unspecified atom stereocenters. The Kier molecular flexibility index (Phi) is 7.55. The highest BCUT2D eigenvalue weighted by Gasteiger charge is 2.14. The van der Waals surface area contributed by atoms with Gasteiger partial charge in [-0.05, 0) is 37.3 Å². The van der Waals surface area contributed by atoms with Crippen LogP contribution in [0.15, 0.2) is 52.0 Å². The smallest absolute Gasteiger partial charge is 0.240 e. The molecule has 0 saturated carbocycles. The van der Waals surface area contributed by atoms with E-state index in [9.17, 15) is 13.2 Å². The highest BCUT2D eigenvalue weighted by atomic mass is 79.9. The van der Waals surface area contributed by atoms with E-state index in [1.54, 1.807) is 24.4 Å². The number of pyridine rings is 1. The number of carbonyl (C=O) groups is 1. The molecule has 1 heterocycles. The molecule has 2 N–H and O–H groups in total. The zero-order chi connectivity index (χ0) is 19.0. The summed E-state index contributed by atoms with van der Waals surface area (Å²) in [6.07, 6.45) is 1.65. The Morgan fingerprint density at radius 3 is 2.65 bits per heavy atom. The van der Waals surface area contributed by atoms with Gasteiger partial charge in [0, 0.05) is 35.7 Å². The van der Waals surface area contributed by atoms with E-state index in [0.717, 1.165) is 10.0 Å². The molecule has 0 atom stereocenters. The highest BCUT2D eigenvalue weighted by molar-refractivity contribution is 9.10. The first-order valence-electron chi connectivity index (χ1n) is 8.01. The SMILES string of the molecule is CCOc1ncccc1CNC(=O)CCNS(=O)(=O)c1ccc(Br)cc1. The molecule has 0 spiro atoms. The molecule has 2 rings (SSSR count). The summed E-state index contributed by atoms with van der Waals surface area (Å²) in [6.45, 7) is 2.61. The summed E-state index contributed by atoms with van der Waals surface area (Å²) in [5, 5.41) is 2.73. The lowest BCUT2D eigenvalue weighted by molar-refractivity contribution is -0.121. The molecule has 0 fully saturated rings. The van der Waals surface area contributed by atoms with Crippen LogP contribution in [0.25, 0.3) is 0 Å². The topological polar surface area (TPSA) is 97.4 Å². The summed E-state index contributed by atoms with van der Waals surface area (Å²) in [4.78, 5) is 16.2. The minimum atomic E-state index is -3.63. The normalized spacial score (nSPS) is 11.2. The van der Waals surface area contributed by atoms with Crippen LogP contribution in [0.5, 0.6) is 5.88 Å². The Bertz CT molecular complexity index is 841. The largest absolute Gasteiger partial charge is 0.478 e. The lowest BCUT2D eigenvalue weighted by Gasteiger charge is -2.10. The van der Waals surface area contributed by atoms with E-state index in [2.05, 4.69) is 31.0 Å². The van der Waals surface area contributed by atoms with E-state index in [1.807, 2.05) is 13.0 Å². The summed E-state index contributed by atoms with van der Waals surface area (Å²) < 4.78 is 32.9. The number of nitrogens with one attached hydrogen (secondary N) is 2. The third-order valence-corrected chi connectivity index (χ3v) is 5.38. The predicted octanol–water partition coefficient (Wildman–Crippen LogP) is 2.23. The molecular formula is C17H20BrN3O4S.